The van der Waals surface area contributed by atoms with Gasteiger partial charge in [-0.25, -0.2) is 0 Å². The lowest BCUT2D eigenvalue weighted by atomic mass is 10.0. The van der Waals surface area contributed by atoms with Crippen LogP contribution in [0.4, 0.5) is 0 Å². The molecule has 0 heterocycles. The van der Waals surface area contributed by atoms with E-state index in [2.05, 4.69) is 5.32 Å². The number of hydrogen-bond donors (Lipinski definition) is 2. The molecule has 3 nitrogen and oxygen atoms in total. The predicted molar refractivity (Wildman–Crippen MR) is 66.4 cm³/mol. The molecule has 2 rings (SSSR count). The number of aliphatic hydroxyl groups is 1. The van der Waals surface area contributed by atoms with Crippen molar-refractivity contribution in [3.05, 3.63) is 0 Å². The summed E-state index contributed by atoms with van der Waals surface area (Å²) in [6, 6.07) is 0.689. The molecule has 16 heavy (non-hydrogen) atoms. The Hall–Kier alpha value is -0.120. The summed E-state index contributed by atoms with van der Waals surface area (Å²) in [6.07, 6.45) is 5.57. The average Bonchev–Trinajstić information content (AvgIpc) is 2.97. The maximum atomic E-state index is 10.2. The SMILES string of the molecule is CN(C)CC(C)(O)CNC(C1CC1)C1CC1. The lowest BCUT2D eigenvalue weighted by Crippen LogP contribution is -2.49. The van der Waals surface area contributed by atoms with E-state index in [9.17, 15) is 5.11 Å². The Morgan fingerprint density at radius 3 is 2.12 bits per heavy atom. The van der Waals surface area contributed by atoms with Gasteiger partial charge in [0.15, 0.2) is 0 Å². The van der Waals surface area contributed by atoms with Crippen molar-refractivity contribution < 1.29 is 5.11 Å². The number of hydrogen-bond acceptors (Lipinski definition) is 3. The highest BCUT2D eigenvalue weighted by molar-refractivity contribution is 4.97. The Bertz CT molecular complexity index is 220. The normalized spacial score (nSPS) is 25.1. The van der Waals surface area contributed by atoms with Gasteiger partial charge in [-0.1, -0.05) is 0 Å². The van der Waals surface area contributed by atoms with Gasteiger partial charge in [-0.2, -0.15) is 0 Å². The molecule has 1 unspecified atom stereocenters. The molecule has 94 valence electrons. The summed E-state index contributed by atoms with van der Waals surface area (Å²) in [4.78, 5) is 2.05. The molecular formula is C13H26N2O. The Morgan fingerprint density at radius 1 is 1.25 bits per heavy atom. The first kappa shape index (κ1) is 12.3. The molecule has 0 aromatic carbocycles. The van der Waals surface area contributed by atoms with Crippen LogP contribution in [0.1, 0.15) is 32.6 Å². The molecule has 0 aromatic heterocycles. The molecule has 0 radical (unpaired) electrons. The Kier molecular flexibility index (Phi) is 3.57. The fraction of sp³-hybridized carbons (Fsp3) is 1.00. The molecule has 0 spiro atoms. The van der Waals surface area contributed by atoms with Crippen molar-refractivity contribution in [3.8, 4) is 0 Å². The summed E-state index contributed by atoms with van der Waals surface area (Å²) < 4.78 is 0. The zero-order valence-electron chi connectivity index (χ0n) is 10.9. The van der Waals surface area contributed by atoms with E-state index in [0.717, 1.165) is 24.9 Å². The summed E-state index contributed by atoms with van der Waals surface area (Å²) >= 11 is 0. The van der Waals surface area contributed by atoms with Gasteiger partial charge in [0.2, 0.25) is 0 Å². The Balaban J connectivity index is 1.75. The molecule has 0 amide bonds. The van der Waals surface area contributed by atoms with Gasteiger partial charge in [-0.15, -0.1) is 0 Å². The molecule has 0 aliphatic heterocycles. The van der Waals surface area contributed by atoms with Gasteiger partial charge in [0.1, 0.15) is 0 Å². The van der Waals surface area contributed by atoms with Gasteiger partial charge in [0.25, 0.3) is 0 Å². The molecule has 3 heteroatoms. The number of nitrogens with zero attached hydrogens (tertiary/aromatic N) is 1. The lowest BCUT2D eigenvalue weighted by Gasteiger charge is -2.30. The number of rotatable bonds is 7. The monoisotopic (exact) mass is 226 g/mol. The van der Waals surface area contributed by atoms with Gasteiger partial charge in [-0.05, 0) is 58.5 Å². The third-order valence-corrected chi connectivity index (χ3v) is 3.64. The van der Waals surface area contributed by atoms with Crippen molar-refractivity contribution in [2.45, 2.75) is 44.2 Å². The summed E-state index contributed by atoms with van der Waals surface area (Å²) in [5.74, 6) is 1.81. The number of nitrogens with one attached hydrogen (secondary N) is 1. The third-order valence-electron chi connectivity index (χ3n) is 3.64. The van der Waals surface area contributed by atoms with E-state index in [4.69, 9.17) is 0 Å². The molecule has 2 N–H and O–H groups in total. The maximum Gasteiger partial charge on any atom is 0.0869 e. The van der Waals surface area contributed by atoms with Crippen LogP contribution in [0.25, 0.3) is 0 Å². The first-order valence-electron chi connectivity index (χ1n) is 6.58. The molecule has 0 saturated heterocycles. The van der Waals surface area contributed by atoms with Crippen LogP contribution < -0.4 is 5.32 Å². The van der Waals surface area contributed by atoms with Crippen LogP contribution in [0.5, 0.6) is 0 Å². The summed E-state index contributed by atoms with van der Waals surface area (Å²) in [6.45, 7) is 3.38. The molecule has 1 atom stereocenters. The van der Waals surface area contributed by atoms with Gasteiger partial charge in [0.05, 0.1) is 5.60 Å². The van der Waals surface area contributed by atoms with E-state index in [1.54, 1.807) is 0 Å². The highest BCUT2D eigenvalue weighted by Crippen LogP contribution is 2.44. The minimum absolute atomic E-state index is 0.606. The molecule has 2 aliphatic carbocycles. The fourth-order valence-electron chi connectivity index (χ4n) is 2.70. The zero-order chi connectivity index (χ0) is 11.8. The van der Waals surface area contributed by atoms with E-state index >= 15 is 0 Å². The first-order valence-corrected chi connectivity index (χ1v) is 6.58. The third kappa shape index (κ3) is 3.72. The van der Waals surface area contributed by atoms with Crippen LogP contribution in [0.2, 0.25) is 0 Å². The van der Waals surface area contributed by atoms with E-state index in [1.165, 1.54) is 25.7 Å². The largest absolute Gasteiger partial charge is 0.388 e. The van der Waals surface area contributed by atoms with Crippen molar-refractivity contribution in [2.24, 2.45) is 11.8 Å². The van der Waals surface area contributed by atoms with Crippen molar-refractivity contribution in [1.82, 2.24) is 10.2 Å². The maximum absolute atomic E-state index is 10.2. The van der Waals surface area contributed by atoms with Crippen molar-refractivity contribution in [2.75, 3.05) is 27.2 Å². The topological polar surface area (TPSA) is 35.5 Å². The summed E-state index contributed by atoms with van der Waals surface area (Å²) in [5.41, 5.74) is -0.606. The highest BCUT2D eigenvalue weighted by atomic mass is 16.3. The zero-order valence-corrected chi connectivity index (χ0v) is 10.9. The standard InChI is InChI=1S/C13H26N2O/c1-13(16,9-15(2)3)8-14-12(10-4-5-10)11-6-7-11/h10-12,14,16H,4-9H2,1-3H3. The van der Waals surface area contributed by atoms with Crippen molar-refractivity contribution in [1.29, 1.82) is 0 Å². The van der Waals surface area contributed by atoms with Crippen LogP contribution >= 0.6 is 0 Å². The first-order chi connectivity index (χ1) is 7.48. The van der Waals surface area contributed by atoms with Crippen molar-refractivity contribution in [3.63, 3.8) is 0 Å². The number of likely N-dealkylation sites (N-methyl/N-ethyl adjacent to an activating group) is 1. The lowest BCUT2D eigenvalue weighted by molar-refractivity contribution is 0.0299. The minimum atomic E-state index is -0.606. The molecule has 0 bridgehead atoms. The predicted octanol–water partition coefficient (Wildman–Crippen LogP) is 1.08. The average molecular weight is 226 g/mol. The van der Waals surface area contributed by atoms with Crippen LogP contribution in [-0.4, -0.2) is 48.8 Å². The molecule has 2 aliphatic rings. The smallest absolute Gasteiger partial charge is 0.0869 e. The quantitative estimate of drug-likeness (QED) is 0.682. The van der Waals surface area contributed by atoms with Gasteiger partial charge >= 0.3 is 0 Å². The Labute approximate surface area is 99.2 Å². The van der Waals surface area contributed by atoms with Gasteiger partial charge in [-0.3, -0.25) is 0 Å². The molecule has 2 saturated carbocycles. The second kappa shape index (κ2) is 4.63. The van der Waals surface area contributed by atoms with Crippen LogP contribution in [0, 0.1) is 11.8 Å². The second-order valence-electron chi connectivity index (χ2n) is 6.32. The van der Waals surface area contributed by atoms with Gasteiger partial charge in [0, 0.05) is 19.1 Å². The van der Waals surface area contributed by atoms with E-state index in [-0.39, 0.29) is 0 Å². The summed E-state index contributed by atoms with van der Waals surface area (Å²) in [5, 5.41) is 13.8. The van der Waals surface area contributed by atoms with Crippen LogP contribution in [0.3, 0.4) is 0 Å². The fourth-order valence-corrected chi connectivity index (χ4v) is 2.70. The molecule has 2 fully saturated rings. The van der Waals surface area contributed by atoms with Crippen molar-refractivity contribution >= 4 is 0 Å². The highest BCUT2D eigenvalue weighted by Gasteiger charge is 2.41. The van der Waals surface area contributed by atoms with Gasteiger partial charge < -0.3 is 15.3 Å². The summed E-state index contributed by atoms with van der Waals surface area (Å²) in [7, 11) is 4.02. The second-order valence-corrected chi connectivity index (χ2v) is 6.32. The molecule has 0 aromatic rings. The van der Waals surface area contributed by atoms with Crippen LogP contribution in [-0.2, 0) is 0 Å². The van der Waals surface area contributed by atoms with E-state index < -0.39 is 5.60 Å². The molecular weight excluding hydrogens is 200 g/mol. The minimum Gasteiger partial charge on any atom is -0.388 e. The van der Waals surface area contributed by atoms with E-state index in [1.807, 2.05) is 25.9 Å². The van der Waals surface area contributed by atoms with E-state index in [0.29, 0.717) is 6.04 Å². The Morgan fingerprint density at radius 2 is 1.75 bits per heavy atom. The van der Waals surface area contributed by atoms with Crippen LogP contribution in [0.15, 0.2) is 0 Å².